The summed E-state index contributed by atoms with van der Waals surface area (Å²) in [6, 6.07) is 25.9. The zero-order valence-electron chi connectivity index (χ0n) is 17.1. The van der Waals surface area contributed by atoms with Crippen molar-refractivity contribution in [2.45, 2.75) is 20.4 Å². The maximum absolute atomic E-state index is 5.96. The Morgan fingerprint density at radius 3 is 2.14 bits per heavy atom. The lowest BCUT2D eigenvalue weighted by atomic mass is 10.2. The number of benzene rings is 3. The van der Waals surface area contributed by atoms with Gasteiger partial charge in [0.25, 0.3) is 0 Å². The van der Waals surface area contributed by atoms with E-state index in [1.165, 1.54) is 0 Å². The lowest BCUT2D eigenvalue weighted by Crippen LogP contribution is -2.11. The van der Waals surface area contributed by atoms with Gasteiger partial charge in [-0.2, -0.15) is 0 Å². The van der Waals surface area contributed by atoms with E-state index in [1.807, 2.05) is 72.8 Å². The Labute approximate surface area is 173 Å². The van der Waals surface area contributed by atoms with Gasteiger partial charge in [0.1, 0.15) is 30.5 Å². The number of ether oxygens (including phenoxy) is 3. The molecular weight excluding hydrogens is 362 g/mol. The van der Waals surface area contributed by atoms with E-state index in [4.69, 9.17) is 14.2 Å². The van der Waals surface area contributed by atoms with Gasteiger partial charge in [-0.15, -0.1) is 0 Å². The Kier molecular flexibility index (Phi) is 7.81. The average Bonchev–Trinajstić information content (AvgIpc) is 2.76. The van der Waals surface area contributed by atoms with Gasteiger partial charge in [-0.25, -0.2) is 0 Å². The fourth-order valence-electron chi connectivity index (χ4n) is 2.80. The summed E-state index contributed by atoms with van der Waals surface area (Å²) in [6.45, 7) is 6.62. The van der Waals surface area contributed by atoms with Crippen molar-refractivity contribution in [2.24, 2.45) is 5.92 Å². The highest BCUT2D eigenvalue weighted by Gasteiger charge is 2.07. The molecule has 0 fully saturated rings. The fraction of sp³-hybridized carbons (Fsp3) is 0.280. The number of hydrogen-bond donors (Lipinski definition) is 1. The predicted octanol–water partition coefficient (Wildman–Crippen LogP) is 5.79. The molecule has 0 aliphatic carbocycles. The summed E-state index contributed by atoms with van der Waals surface area (Å²) in [5.41, 5.74) is 2.07. The van der Waals surface area contributed by atoms with E-state index in [9.17, 15) is 0 Å². The molecule has 0 saturated heterocycles. The van der Waals surface area contributed by atoms with Crippen LogP contribution in [0.15, 0.2) is 78.9 Å². The fourth-order valence-corrected chi connectivity index (χ4v) is 2.80. The van der Waals surface area contributed by atoms with Crippen LogP contribution in [0.2, 0.25) is 0 Å². The minimum Gasteiger partial charge on any atom is -0.491 e. The number of anilines is 1. The third kappa shape index (κ3) is 6.75. The first kappa shape index (κ1) is 20.6. The summed E-state index contributed by atoms with van der Waals surface area (Å²) in [5, 5.41) is 3.47. The first-order chi connectivity index (χ1) is 14.2. The quantitative estimate of drug-likeness (QED) is 0.420. The molecule has 3 rings (SSSR count). The van der Waals surface area contributed by atoms with E-state index in [1.54, 1.807) is 0 Å². The molecule has 4 nitrogen and oxygen atoms in total. The van der Waals surface area contributed by atoms with Gasteiger partial charge >= 0.3 is 0 Å². The lowest BCUT2D eigenvalue weighted by Gasteiger charge is -2.16. The third-order valence-corrected chi connectivity index (χ3v) is 4.25. The van der Waals surface area contributed by atoms with Crippen LogP contribution in [0.3, 0.4) is 0 Å². The van der Waals surface area contributed by atoms with Gasteiger partial charge in [0.05, 0.1) is 12.3 Å². The van der Waals surface area contributed by atoms with E-state index in [-0.39, 0.29) is 0 Å². The summed E-state index contributed by atoms with van der Waals surface area (Å²) in [6.07, 6.45) is 0. The van der Waals surface area contributed by atoms with Crippen LogP contribution in [0.25, 0.3) is 0 Å². The van der Waals surface area contributed by atoms with E-state index < -0.39 is 0 Å². The minimum atomic E-state index is 0.482. The molecule has 29 heavy (non-hydrogen) atoms. The summed E-state index contributed by atoms with van der Waals surface area (Å²) in [4.78, 5) is 0. The highest BCUT2D eigenvalue weighted by atomic mass is 16.5. The number of rotatable bonds is 11. The molecule has 0 heterocycles. The van der Waals surface area contributed by atoms with Crippen LogP contribution in [0.1, 0.15) is 19.4 Å². The van der Waals surface area contributed by atoms with Crippen molar-refractivity contribution in [3.8, 4) is 17.2 Å². The second-order valence-electron chi connectivity index (χ2n) is 7.17. The monoisotopic (exact) mass is 391 g/mol. The summed E-state index contributed by atoms with van der Waals surface area (Å²) >= 11 is 0. The summed E-state index contributed by atoms with van der Waals surface area (Å²) in [5.74, 6) is 3.06. The van der Waals surface area contributed by atoms with Crippen LogP contribution in [-0.2, 0) is 6.54 Å². The Bertz CT molecular complexity index is 865. The van der Waals surface area contributed by atoms with Gasteiger partial charge < -0.3 is 19.5 Å². The maximum atomic E-state index is 5.96. The van der Waals surface area contributed by atoms with Crippen LogP contribution >= 0.6 is 0 Å². The van der Waals surface area contributed by atoms with Gasteiger partial charge in [-0.1, -0.05) is 62.4 Å². The normalized spacial score (nSPS) is 10.6. The molecule has 0 radical (unpaired) electrons. The van der Waals surface area contributed by atoms with Gasteiger partial charge in [0.2, 0.25) is 0 Å². The Balaban J connectivity index is 1.54. The van der Waals surface area contributed by atoms with Gasteiger partial charge in [-0.05, 0) is 36.2 Å². The van der Waals surface area contributed by atoms with Crippen LogP contribution in [-0.4, -0.2) is 19.8 Å². The molecule has 0 spiro atoms. The molecule has 4 heteroatoms. The molecule has 152 valence electrons. The maximum Gasteiger partial charge on any atom is 0.142 e. The van der Waals surface area contributed by atoms with Gasteiger partial charge in [0.15, 0.2) is 0 Å². The molecule has 0 saturated carbocycles. The molecule has 0 unspecified atom stereocenters. The molecule has 0 atom stereocenters. The molecular formula is C25H29NO3. The van der Waals surface area contributed by atoms with E-state index in [2.05, 4.69) is 25.2 Å². The smallest absolute Gasteiger partial charge is 0.142 e. The van der Waals surface area contributed by atoms with Crippen LogP contribution < -0.4 is 19.5 Å². The van der Waals surface area contributed by atoms with Crippen molar-refractivity contribution in [3.05, 3.63) is 84.4 Å². The summed E-state index contributed by atoms with van der Waals surface area (Å²) in [7, 11) is 0. The van der Waals surface area contributed by atoms with Crippen LogP contribution in [0, 0.1) is 5.92 Å². The zero-order valence-corrected chi connectivity index (χ0v) is 17.1. The lowest BCUT2D eigenvalue weighted by molar-refractivity contribution is 0.216. The molecule has 3 aromatic carbocycles. The molecule has 0 aliphatic rings. The van der Waals surface area contributed by atoms with Crippen molar-refractivity contribution in [1.82, 2.24) is 0 Å². The standard InChI is InChI=1S/C25H29NO3/c1-20(2)19-29-25-15-9-7-13-23(25)26-18-21-10-6-8-14-24(21)28-17-16-27-22-11-4-3-5-12-22/h3-15,20,26H,16-19H2,1-2H3. The zero-order chi connectivity index (χ0) is 20.3. The SMILES string of the molecule is CC(C)COc1ccccc1NCc1ccccc1OCCOc1ccccc1. The highest BCUT2D eigenvalue weighted by molar-refractivity contribution is 5.56. The van der Waals surface area contributed by atoms with Crippen molar-refractivity contribution in [1.29, 1.82) is 0 Å². The topological polar surface area (TPSA) is 39.7 Å². The number of para-hydroxylation sites is 4. The molecule has 1 N–H and O–H groups in total. The average molecular weight is 392 g/mol. The van der Waals surface area contributed by atoms with E-state index in [0.29, 0.717) is 32.3 Å². The molecule has 0 aliphatic heterocycles. The van der Waals surface area contributed by atoms with Crippen LogP contribution in [0.5, 0.6) is 17.2 Å². The van der Waals surface area contributed by atoms with Gasteiger partial charge in [-0.3, -0.25) is 0 Å². The van der Waals surface area contributed by atoms with Crippen LogP contribution in [0.4, 0.5) is 5.69 Å². The van der Waals surface area contributed by atoms with Crippen molar-refractivity contribution in [3.63, 3.8) is 0 Å². The molecule has 0 aromatic heterocycles. The Hall–Kier alpha value is -3.14. The number of hydrogen-bond acceptors (Lipinski definition) is 4. The van der Waals surface area contributed by atoms with Crippen molar-refractivity contribution < 1.29 is 14.2 Å². The van der Waals surface area contributed by atoms with Crippen molar-refractivity contribution >= 4 is 5.69 Å². The van der Waals surface area contributed by atoms with E-state index in [0.717, 1.165) is 28.5 Å². The highest BCUT2D eigenvalue weighted by Crippen LogP contribution is 2.26. The molecule has 3 aromatic rings. The first-order valence-corrected chi connectivity index (χ1v) is 10.1. The second kappa shape index (κ2) is 11.0. The third-order valence-electron chi connectivity index (χ3n) is 4.25. The van der Waals surface area contributed by atoms with Gasteiger partial charge in [0, 0.05) is 12.1 Å². The Morgan fingerprint density at radius 1 is 0.690 bits per heavy atom. The minimum absolute atomic E-state index is 0.482. The first-order valence-electron chi connectivity index (χ1n) is 10.1. The molecule has 0 bridgehead atoms. The summed E-state index contributed by atoms with van der Waals surface area (Å²) < 4.78 is 17.6. The largest absolute Gasteiger partial charge is 0.491 e. The number of nitrogens with one attached hydrogen (secondary N) is 1. The van der Waals surface area contributed by atoms with Crippen molar-refractivity contribution in [2.75, 3.05) is 25.1 Å². The Morgan fingerprint density at radius 2 is 1.34 bits per heavy atom. The molecule has 0 amide bonds. The second-order valence-corrected chi connectivity index (χ2v) is 7.17. The predicted molar refractivity (Wildman–Crippen MR) is 118 cm³/mol. The van der Waals surface area contributed by atoms with E-state index >= 15 is 0 Å².